The second kappa shape index (κ2) is 13.9. The van der Waals surface area contributed by atoms with E-state index in [4.69, 9.17) is 9.73 Å². The van der Waals surface area contributed by atoms with Gasteiger partial charge in [-0.3, -0.25) is 19.6 Å². The Morgan fingerprint density at radius 2 is 1.69 bits per heavy atom. The molecule has 2 heterocycles. The topological polar surface area (TPSA) is 72.4 Å². The zero-order chi connectivity index (χ0) is 22.1. The molecule has 1 aliphatic carbocycles. The highest BCUT2D eigenvalue weighted by atomic mass is 127. The second-order valence-electron chi connectivity index (χ2n) is 9.68. The van der Waals surface area contributed by atoms with Gasteiger partial charge in [-0.2, -0.15) is 0 Å². The summed E-state index contributed by atoms with van der Waals surface area (Å²) < 4.78 is 5.49. The van der Waals surface area contributed by atoms with E-state index in [0.29, 0.717) is 11.8 Å². The van der Waals surface area contributed by atoms with Gasteiger partial charge in [0.25, 0.3) is 0 Å². The van der Waals surface area contributed by atoms with Gasteiger partial charge >= 0.3 is 0 Å². The minimum Gasteiger partial charge on any atom is -0.379 e. The first-order chi connectivity index (χ1) is 15.0. The van der Waals surface area contributed by atoms with Gasteiger partial charge in [-0.05, 0) is 33.6 Å². The van der Waals surface area contributed by atoms with Gasteiger partial charge in [-0.1, -0.05) is 12.8 Å². The third-order valence-corrected chi connectivity index (χ3v) is 6.94. The first-order valence-corrected chi connectivity index (χ1v) is 12.4. The highest BCUT2D eigenvalue weighted by molar-refractivity contribution is 14.0. The second-order valence-corrected chi connectivity index (χ2v) is 9.68. The number of aliphatic imine (C=N–C) groups is 1. The maximum absolute atomic E-state index is 12.6. The number of rotatable bonds is 8. The summed E-state index contributed by atoms with van der Waals surface area (Å²) in [5.74, 6) is 1.59. The molecule has 9 heteroatoms. The lowest BCUT2D eigenvalue weighted by molar-refractivity contribution is -0.137. The van der Waals surface area contributed by atoms with Crippen molar-refractivity contribution >= 4 is 35.8 Å². The molecule has 1 amide bonds. The van der Waals surface area contributed by atoms with Crippen molar-refractivity contribution < 1.29 is 9.53 Å². The number of amides is 1. The van der Waals surface area contributed by atoms with Crippen molar-refractivity contribution in [3.05, 3.63) is 0 Å². The molecule has 0 aromatic carbocycles. The third-order valence-electron chi connectivity index (χ3n) is 6.94. The van der Waals surface area contributed by atoms with E-state index in [2.05, 4.69) is 46.1 Å². The summed E-state index contributed by atoms with van der Waals surface area (Å²) in [6, 6.07) is 0. The fourth-order valence-electron chi connectivity index (χ4n) is 4.84. The summed E-state index contributed by atoms with van der Waals surface area (Å²) in [6.07, 6.45) is 4.64. The number of hydrogen-bond acceptors (Lipinski definition) is 5. The van der Waals surface area contributed by atoms with Crippen molar-refractivity contribution in [2.24, 2.45) is 10.9 Å². The lowest BCUT2D eigenvalue weighted by Crippen LogP contribution is -2.53. The van der Waals surface area contributed by atoms with Crippen LogP contribution in [0.1, 0.15) is 46.5 Å². The van der Waals surface area contributed by atoms with Gasteiger partial charge in [0.05, 0.1) is 19.8 Å². The fourth-order valence-corrected chi connectivity index (χ4v) is 4.84. The monoisotopic (exact) mass is 564 g/mol. The molecule has 2 N–H and O–H groups in total. The predicted octanol–water partition coefficient (Wildman–Crippen LogP) is 1.60. The Bertz CT molecular complexity index is 583. The van der Waals surface area contributed by atoms with Crippen LogP contribution in [0.2, 0.25) is 0 Å². The summed E-state index contributed by atoms with van der Waals surface area (Å²) in [5.41, 5.74) is 0.0221. The molecule has 8 nitrogen and oxygen atoms in total. The number of carbonyl (C=O) groups excluding carboxylic acids is 1. The van der Waals surface area contributed by atoms with E-state index in [9.17, 15) is 4.79 Å². The highest BCUT2D eigenvalue weighted by Gasteiger charge is 2.30. The van der Waals surface area contributed by atoms with E-state index in [0.717, 1.165) is 97.5 Å². The average Bonchev–Trinajstić information content (AvgIpc) is 3.33. The molecule has 0 atom stereocenters. The van der Waals surface area contributed by atoms with Gasteiger partial charge in [0, 0.05) is 70.4 Å². The van der Waals surface area contributed by atoms with Crippen LogP contribution in [0.5, 0.6) is 0 Å². The van der Waals surface area contributed by atoms with Crippen molar-refractivity contribution in [1.82, 2.24) is 25.3 Å². The quantitative estimate of drug-likeness (QED) is 0.265. The average molecular weight is 565 g/mol. The highest BCUT2D eigenvalue weighted by Crippen LogP contribution is 2.26. The van der Waals surface area contributed by atoms with E-state index < -0.39 is 0 Å². The Balaban J connectivity index is 0.00000363. The molecule has 0 bridgehead atoms. The zero-order valence-corrected chi connectivity index (χ0v) is 22.7. The third kappa shape index (κ3) is 8.29. The molecule has 0 unspecified atom stereocenters. The molecule has 0 aromatic heterocycles. The van der Waals surface area contributed by atoms with Crippen LogP contribution in [-0.4, -0.2) is 111 Å². The number of halogens is 1. The lowest BCUT2D eigenvalue weighted by atomic mass is 10.0. The molecular weight excluding hydrogens is 519 g/mol. The Morgan fingerprint density at radius 1 is 1.03 bits per heavy atom. The summed E-state index contributed by atoms with van der Waals surface area (Å²) in [4.78, 5) is 24.5. The van der Waals surface area contributed by atoms with Crippen LogP contribution >= 0.6 is 24.0 Å². The van der Waals surface area contributed by atoms with Gasteiger partial charge < -0.3 is 20.3 Å². The minimum absolute atomic E-state index is 0. The standard InChI is InChI=1S/C23H44N6O2.HI/c1-4-24-22(26-19-23(2,3)29-15-17-31-18-16-29)25-9-10-27-11-13-28(14-12-27)21(30)20-7-5-6-8-20;/h20H,4-19H2,1-3H3,(H2,24,25,26);1H. The molecule has 0 radical (unpaired) electrons. The normalized spacial score (nSPS) is 22.0. The Hall–Kier alpha value is -0.650. The van der Waals surface area contributed by atoms with Crippen LogP contribution in [0.25, 0.3) is 0 Å². The molecule has 0 aromatic rings. The molecule has 3 fully saturated rings. The molecule has 3 aliphatic rings. The number of guanidine groups is 1. The van der Waals surface area contributed by atoms with Crippen LogP contribution in [-0.2, 0) is 9.53 Å². The van der Waals surface area contributed by atoms with Gasteiger partial charge in [0.2, 0.25) is 5.91 Å². The minimum atomic E-state index is 0. The summed E-state index contributed by atoms with van der Waals surface area (Å²) >= 11 is 0. The first-order valence-electron chi connectivity index (χ1n) is 12.4. The summed E-state index contributed by atoms with van der Waals surface area (Å²) in [7, 11) is 0. The number of nitrogens with one attached hydrogen (secondary N) is 2. The summed E-state index contributed by atoms with van der Waals surface area (Å²) in [6.45, 7) is 17.3. The maximum atomic E-state index is 12.6. The van der Waals surface area contributed by atoms with Crippen LogP contribution in [0, 0.1) is 5.92 Å². The fraction of sp³-hybridized carbons (Fsp3) is 0.913. The van der Waals surface area contributed by atoms with Gasteiger partial charge in [-0.25, -0.2) is 0 Å². The lowest BCUT2D eigenvalue weighted by Gasteiger charge is -2.40. The van der Waals surface area contributed by atoms with E-state index in [1.54, 1.807) is 0 Å². The zero-order valence-electron chi connectivity index (χ0n) is 20.4. The smallest absolute Gasteiger partial charge is 0.225 e. The van der Waals surface area contributed by atoms with Crippen molar-refractivity contribution in [2.45, 2.75) is 52.0 Å². The van der Waals surface area contributed by atoms with E-state index in [-0.39, 0.29) is 29.5 Å². The molecular formula is C23H45IN6O2. The number of hydrogen-bond donors (Lipinski definition) is 2. The van der Waals surface area contributed by atoms with Gasteiger partial charge in [-0.15, -0.1) is 24.0 Å². The van der Waals surface area contributed by atoms with E-state index in [1.807, 2.05) is 0 Å². The molecule has 2 saturated heterocycles. The Morgan fingerprint density at radius 3 is 2.31 bits per heavy atom. The van der Waals surface area contributed by atoms with Gasteiger partial charge in [0.15, 0.2) is 5.96 Å². The molecule has 3 rings (SSSR count). The molecule has 32 heavy (non-hydrogen) atoms. The maximum Gasteiger partial charge on any atom is 0.225 e. The Labute approximate surface area is 211 Å². The molecule has 2 aliphatic heterocycles. The van der Waals surface area contributed by atoms with Crippen LogP contribution in [0.15, 0.2) is 4.99 Å². The van der Waals surface area contributed by atoms with Crippen LogP contribution in [0.3, 0.4) is 0 Å². The van der Waals surface area contributed by atoms with Crippen molar-refractivity contribution in [1.29, 1.82) is 0 Å². The van der Waals surface area contributed by atoms with E-state index >= 15 is 0 Å². The molecule has 0 spiro atoms. The number of ether oxygens (including phenoxy) is 1. The molecule has 186 valence electrons. The Kier molecular flexibility index (Phi) is 12.0. The number of morpholine rings is 1. The van der Waals surface area contributed by atoms with Crippen LogP contribution in [0.4, 0.5) is 0 Å². The first kappa shape index (κ1) is 27.6. The van der Waals surface area contributed by atoms with Crippen LogP contribution < -0.4 is 10.6 Å². The molecule has 1 saturated carbocycles. The largest absolute Gasteiger partial charge is 0.379 e. The summed E-state index contributed by atoms with van der Waals surface area (Å²) in [5, 5.41) is 6.87. The number of nitrogens with zero attached hydrogens (tertiary/aromatic N) is 4. The number of carbonyl (C=O) groups is 1. The van der Waals surface area contributed by atoms with E-state index in [1.165, 1.54) is 12.8 Å². The SMILES string of the molecule is CCNC(=NCC(C)(C)N1CCOCC1)NCCN1CCN(C(=O)C2CCCC2)CC1.I. The van der Waals surface area contributed by atoms with Crippen molar-refractivity contribution in [3.8, 4) is 0 Å². The predicted molar refractivity (Wildman–Crippen MR) is 141 cm³/mol. The van der Waals surface area contributed by atoms with Crippen molar-refractivity contribution in [3.63, 3.8) is 0 Å². The van der Waals surface area contributed by atoms with Gasteiger partial charge in [0.1, 0.15) is 0 Å². The van der Waals surface area contributed by atoms with Crippen molar-refractivity contribution in [2.75, 3.05) is 78.7 Å². The number of piperazine rings is 1.